The molecule has 0 spiro atoms. The Hall–Kier alpha value is -1.91. The Balaban J connectivity index is 2.45. The molecule has 5 nitrogen and oxygen atoms in total. The lowest BCUT2D eigenvalue weighted by atomic mass is 10.3. The Bertz CT molecular complexity index is 312. The molecule has 0 saturated heterocycles. The predicted molar refractivity (Wildman–Crippen MR) is 47.6 cm³/mol. The number of hydrogen-bond donors (Lipinski definition) is 1. The SMILES string of the molecule is Nc1cccc(CON=C[C]=O)n1. The molecule has 0 aliphatic carbocycles. The minimum atomic E-state index is 0.184. The highest BCUT2D eigenvalue weighted by atomic mass is 16.6. The Morgan fingerprint density at radius 1 is 1.69 bits per heavy atom. The number of nitrogen functional groups attached to an aromatic ring is 1. The highest BCUT2D eigenvalue weighted by Crippen LogP contribution is 2.01. The van der Waals surface area contributed by atoms with Crippen LogP contribution < -0.4 is 5.73 Å². The molecule has 2 N–H and O–H groups in total. The van der Waals surface area contributed by atoms with Gasteiger partial charge in [0, 0.05) is 0 Å². The van der Waals surface area contributed by atoms with Crippen molar-refractivity contribution < 1.29 is 9.63 Å². The van der Waals surface area contributed by atoms with E-state index < -0.39 is 0 Å². The van der Waals surface area contributed by atoms with Crippen molar-refractivity contribution in [3.8, 4) is 0 Å². The van der Waals surface area contributed by atoms with Gasteiger partial charge in [-0.15, -0.1) is 0 Å². The molecule has 1 rings (SSSR count). The van der Waals surface area contributed by atoms with Crippen LogP contribution in [0.15, 0.2) is 23.4 Å². The van der Waals surface area contributed by atoms with Crippen molar-refractivity contribution in [3.05, 3.63) is 23.9 Å². The smallest absolute Gasteiger partial charge is 0.248 e. The molecule has 0 saturated carbocycles. The zero-order valence-corrected chi connectivity index (χ0v) is 6.80. The van der Waals surface area contributed by atoms with Crippen LogP contribution in [0.1, 0.15) is 5.69 Å². The monoisotopic (exact) mass is 178 g/mol. The van der Waals surface area contributed by atoms with Crippen molar-refractivity contribution >= 4 is 18.3 Å². The van der Waals surface area contributed by atoms with Gasteiger partial charge in [0.1, 0.15) is 12.0 Å². The predicted octanol–water partition coefficient (Wildman–Crippen LogP) is 0.276. The normalized spacial score (nSPS) is 10.2. The number of oxime groups is 1. The number of carbonyl (C=O) groups excluding carboxylic acids is 1. The summed E-state index contributed by atoms with van der Waals surface area (Å²) in [6.07, 6.45) is 2.35. The molecule has 1 aromatic rings. The van der Waals surface area contributed by atoms with Gasteiger partial charge in [-0.05, 0) is 12.1 Å². The van der Waals surface area contributed by atoms with Gasteiger partial charge < -0.3 is 10.6 Å². The van der Waals surface area contributed by atoms with E-state index in [9.17, 15) is 4.79 Å². The Kier molecular flexibility index (Phi) is 3.44. The highest BCUT2D eigenvalue weighted by molar-refractivity contribution is 6.13. The lowest BCUT2D eigenvalue weighted by molar-refractivity contribution is 0.129. The van der Waals surface area contributed by atoms with Gasteiger partial charge in [0.2, 0.25) is 6.29 Å². The molecule has 0 atom stereocenters. The zero-order chi connectivity index (χ0) is 9.52. The fraction of sp³-hybridized carbons (Fsp3) is 0.125. The number of anilines is 1. The molecular weight excluding hydrogens is 170 g/mol. The summed E-state index contributed by atoms with van der Waals surface area (Å²) in [5, 5.41) is 3.29. The fourth-order valence-corrected chi connectivity index (χ4v) is 0.741. The van der Waals surface area contributed by atoms with Crippen LogP contribution in [0.2, 0.25) is 0 Å². The third kappa shape index (κ3) is 3.33. The molecule has 13 heavy (non-hydrogen) atoms. The van der Waals surface area contributed by atoms with Gasteiger partial charge in [-0.2, -0.15) is 0 Å². The number of aromatic nitrogens is 1. The quantitative estimate of drug-likeness (QED) is 0.530. The molecule has 0 aliphatic heterocycles. The van der Waals surface area contributed by atoms with E-state index in [4.69, 9.17) is 10.6 Å². The third-order valence-corrected chi connectivity index (χ3v) is 1.22. The summed E-state index contributed by atoms with van der Waals surface area (Å²) in [6.45, 7) is 0.184. The van der Waals surface area contributed by atoms with Crippen LogP contribution in [0, 0.1) is 0 Å². The maximum atomic E-state index is 9.68. The largest absolute Gasteiger partial charge is 0.389 e. The average Bonchev–Trinajstić information content (AvgIpc) is 2.13. The second kappa shape index (κ2) is 4.87. The van der Waals surface area contributed by atoms with Gasteiger partial charge in [-0.1, -0.05) is 11.2 Å². The molecule has 1 heterocycles. The minimum absolute atomic E-state index is 0.184. The first kappa shape index (κ1) is 9.18. The summed E-state index contributed by atoms with van der Waals surface area (Å²) in [5.74, 6) is 0.423. The van der Waals surface area contributed by atoms with Crippen molar-refractivity contribution in [2.45, 2.75) is 6.61 Å². The molecule has 0 fully saturated rings. The van der Waals surface area contributed by atoms with Crippen LogP contribution in [0.4, 0.5) is 5.82 Å². The van der Waals surface area contributed by atoms with Crippen LogP contribution in [0.5, 0.6) is 0 Å². The van der Waals surface area contributed by atoms with Crippen molar-refractivity contribution in [2.75, 3.05) is 5.73 Å². The highest BCUT2D eigenvalue weighted by Gasteiger charge is 1.93. The fourth-order valence-electron chi connectivity index (χ4n) is 0.741. The molecule has 0 amide bonds. The Morgan fingerprint density at radius 3 is 3.23 bits per heavy atom. The lowest BCUT2D eigenvalue weighted by Crippen LogP contribution is -1.96. The summed E-state index contributed by atoms with van der Waals surface area (Å²) < 4.78 is 0. The lowest BCUT2D eigenvalue weighted by Gasteiger charge is -1.98. The molecule has 1 aromatic heterocycles. The molecule has 5 heteroatoms. The van der Waals surface area contributed by atoms with E-state index in [1.165, 1.54) is 6.29 Å². The number of rotatable bonds is 4. The van der Waals surface area contributed by atoms with Crippen LogP contribution >= 0.6 is 0 Å². The number of nitrogens with zero attached hydrogens (tertiary/aromatic N) is 2. The van der Waals surface area contributed by atoms with Gasteiger partial charge in [0.05, 0.1) is 5.69 Å². The number of hydrogen-bond acceptors (Lipinski definition) is 5. The van der Waals surface area contributed by atoms with Crippen molar-refractivity contribution in [1.29, 1.82) is 0 Å². The first-order valence-electron chi connectivity index (χ1n) is 3.56. The molecule has 0 aromatic carbocycles. The first-order valence-corrected chi connectivity index (χ1v) is 3.56. The van der Waals surface area contributed by atoms with E-state index in [1.807, 2.05) is 0 Å². The van der Waals surface area contributed by atoms with Crippen LogP contribution in [-0.4, -0.2) is 17.5 Å². The molecule has 0 bridgehead atoms. The Labute approximate surface area is 75.2 Å². The molecule has 67 valence electrons. The number of pyridine rings is 1. The van der Waals surface area contributed by atoms with E-state index in [0.717, 1.165) is 6.21 Å². The third-order valence-electron chi connectivity index (χ3n) is 1.22. The van der Waals surface area contributed by atoms with Gasteiger partial charge in [0.15, 0.2) is 6.61 Å². The number of nitrogens with two attached hydrogens (primary N) is 1. The van der Waals surface area contributed by atoms with Crippen LogP contribution in [-0.2, 0) is 16.2 Å². The molecular formula is C8H8N3O2. The minimum Gasteiger partial charge on any atom is -0.389 e. The van der Waals surface area contributed by atoms with E-state index in [1.54, 1.807) is 18.2 Å². The zero-order valence-electron chi connectivity index (χ0n) is 6.80. The first-order chi connectivity index (χ1) is 6.33. The summed E-state index contributed by atoms with van der Waals surface area (Å²) in [4.78, 5) is 18.3. The Morgan fingerprint density at radius 2 is 2.54 bits per heavy atom. The summed E-state index contributed by atoms with van der Waals surface area (Å²) >= 11 is 0. The standard InChI is InChI=1S/C8H8N3O2/c9-8-3-1-2-7(11-8)6-13-10-4-5-12/h1-4H,6H2,(H2,9,11). The van der Waals surface area contributed by atoms with Crippen molar-refractivity contribution in [1.82, 2.24) is 4.98 Å². The summed E-state index contributed by atoms with van der Waals surface area (Å²) in [6, 6.07) is 5.18. The van der Waals surface area contributed by atoms with E-state index in [0.29, 0.717) is 11.5 Å². The van der Waals surface area contributed by atoms with E-state index >= 15 is 0 Å². The van der Waals surface area contributed by atoms with Crippen LogP contribution in [0.25, 0.3) is 0 Å². The van der Waals surface area contributed by atoms with E-state index in [2.05, 4.69) is 10.1 Å². The van der Waals surface area contributed by atoms with Crippen molar-refractivity contribution in [3.63, 3.8) is 0 Å². The molecule has 1 radical (unpaired) electrons. The maximum Gasteiger partial charge on any atom is 0.248 e. The van der Waals surface area contributed by atoms with E-state index in [-0.39, 0.29) is 6.61 Å². The summed E-state index contributed by atoms with van der Waals surface area (Å²) in [5.41, 5.74) is 6.08. The second-order valence-corrected chi connectivity index (χ2v) is 2.18. The maximum absolute atomic E-state index is 9.68. The average molecular weight is 178 g/mol. The van der Waals surface area contributed by atoms with Gasteiger partial charge in [0.25, 0.3) is 0 Å². The topological polar surface area (TPSA) is 77.6 Å². The van der Waals surface area contributed by atoms with Gasteiger partial charge in [-0.25, -0.2) is 4.98 Å². The molecule has 0 aliphatic rings. The summed E-state index contributed by atoms with van der Waals surface area (Å²) in [7, 11) is 0. The second-order valence-electron chi connectivity index (χ2n) is 2.18. The van der Waals surface area contributed by atoms with Crippen LogP contribution in [0.3, 0.4) is 0 Å². The molecule has 0 unspecified atom stereocenters. The van der Waals surface area contributed by atoms with Crippen molar-refractivity contribution in [2.24, 2.45) is 5.16 Å². The van der Waals surface area contributed by atoms with Gasteiger partial charge in [-0.3, -0.25) is 4.79 Å². The van der Waals surface area contributed by atoms with Gasteiger partial charge >= 0.3 is 0 Å².